The lowest BCUT2D eigenvalue weighted by atomic mass is 9.97. The highest BCUT2D eigenvalue weighted by atomic mass is 35.5. The van der Waals surface area contributed by atoms with E-state index in [2.05, 4.69) is 4.90 Å². The summed E-state index contributed by atoms with van der Waals surface area (Å²) in [7, 11) is 0. The normalized spacial score (nSPS) is 16.5. The fraction of sp³-hybridized carbons (Fsp3) is 0.379. The van der Waals surface area contributed by atoms with Crippen LogP contribution in [0.2, 0.25) is 5.02 Å². The Bertz CT molecular complexity index is 1310. The summed E-state index contributed by atoms with van der Waals surface area (Å²) in [6.45, 7) is 5.68. The molecule has 2 aromatic carbocycles. The van der Waals surface area contributed by atoms with Crippen LogP contribution in [0.1, 0.15) is 57.1 Å². The number of likely N-dealkylation sites (tertiary alicyclic amines) is 1. The van der Waals surface area contributed by atoms with Gasteiger partial charge in [0.05, 0.1) is 11.4 Å². The molecule has 2 fully saturated rings. The van der Waals surface area contributed by atoms with Crippen LogP contribution in [0.3, 0.4) is 0 Å². The summed E-state index contributed by atoms with van der Waals surface area (Å²) in [6.07, 6.45) is 2.00. The summed E-state index contributed by atoms with van der Waals surface area (Å²) in [5.41, 5.74) is 3.14. The third-order valence-corrected chi connectivity index (χ3v) is 8.82. The van der Waals surface area contributed by atoms with Gasteiger partial charge in [0, 0.05) is 66.8 Å². The van der Waals surface area contributed by atoms with Gasteiger partial charge in [0.2, 0.25) is 5.91 Å². The largest absolute Gasteiger partial charge is 0.368 e. The molecule has 0 aliphatic carbocycles. The van der Waals surface area contributed by atoms with Crippen molar-refractivity contribution in [1.82, 2.24) is 14.8 Å². The van der Waals surface area contributed by atoms with Crippen LogP contribution < -0.4 is 4.90 Å². The van der Waals surface area contributed by atoms with Crippen LogP contribution in [0, 0.1) is 0 Å². The van der Waals surface area contributed by atoms with Gasteiger partial charge in [0.15, 0.2) is 5.78 Å². The first kappa shape index (κ1) is 26.4. The zero-order chi connectivity index (χ0) is 26.6. The van der Waals surface area contributed by atoms with Crippen molar-refractivity contribution in [3.8, 4) is 0 Å². The smallest absolute Gasteiger partial charge is 0.273 e. The summed E-state index contributed by atoms with van der Waals surface area (Å²) >= 11 is 7.77. The van der Waals surface area contributed by atoms with Gasteiger partial charge in [0.25, 0.3) is 5.91 Å². The maximum Gasteiger partial charge on any atom is 0.273 e. The second kappa shape index (κ2) is 11.7. The molecule has 0 saturated carbocycles. The van der Waals surface area contributed by atoms with Crippen LogP contribution in [0.4, 0.5) is 5.69 Å². The standard InChI is InChI=1S/C29H31ClN4O3S/c1-20(35)21-6-8-24(9-7-21)32-14-16-34(17-15-32)29(37)26-19-38-28(31-26)22-10-12-33(13-11-22)27(36)18-23-4-2-3-5-25(23)30/h2-9,19,22H,10-18H2,1H3. The molecule has 0 radical (unpaired) electrons. The molecular formula is C29H31ClN4O3S. The average Bonchev–Trinajstić information content (AvgIpc) is 3.44. The Labute approximate surface area is 232 Å². The zero-order valence-electron chi connectivity index (χ0n) is 21.4. The number of hydrogen-bond acceptors (Lipinski definition) is 6. The van der Waals surface area contributed by atoms with E-state index >= 15 is 0 Å². The van der Waals surface area contributed by atoms with E-state index in [0.29, 0.717) is 48.9 Å². The van der Waals surface area contributed by atoms with Crippen molar-refractivity contribution in [3.63, 3.8) is 0 Å². The third-order valence-electron chi connectivity index (χ3n) is 7.44. The monoisotopic (exact) mass is 550 g/mol. The summed E-state index contributed by atoms with van der Waals surface area (Å²) in [6, 6.07) is 15.1. The lowest BCUT2D eigenvalue weighted by Gasteiger charge is -2.36. The van der Waals surface area contributed by atoms with Crippen LogP contribution >= 0.6 is 22.9 Å². The number of hydrogen-bond donors (Lipinski definition) is 0. The quantitative estimate of drug-likeness (QED) is 0.408. The minimum atomic E-state index is -0.0218. The highest BCUT2D eigenvalue weighted by Crippen LogP contribution is 2.31. The Morgan fingerprint density at radius 3 is 2.26 bits per heavy atom. The molecule has 0 bridgehead atoms. The molecule has 3 aromatic rings. The van der Waals surface area contributed by atoms with Crippen molar-refractivity contribution in [1.29, 1.82) is 0 Å². The van der Waals surface area contributed by atoms with Crippen LogP contribution in [-0.4, -0.2) is 71.6 Å². The topological polar surface area (TPSA) is 73.8 Å². The summed E-state index contributed by atoms with van der Waals surface area (Å²) in [4.78, 5) is 48.2. The molecule has 2 amide bonds. The van der Waals surface area contributed by atoms with Gasteiger partial charge in [0.1, 0.15) is 5.69 Å². The third kappa shape index (κ3) is 5.92. The molecule has 0 unspecified atom stereocenters. The van der Waals surface area contributed by atoms with Gasteiger partial charge in [-0.2, -0.15) is 0 Å². The minimum absolute atomic E-state index is 0.0218. The molecule has 2 saturated heterocycles. The predicted octanol–water partition coefficient (Wildman–Crippen LogP) is 4.91. The first-order chi connectivity index (χ1) is 18.4. The summed E-state index contributed by atoms with van der Waals surface area (Å²) in [5.74, 6) is 0.398. The van der Waals surface area contributed by atoms with E-state index in [1.54, 1.807) is 18.3 Å². The maximum atomic E-state index is 13.2. The number of piperazine rings is 1. The second-order valence-corrected chi connectivity index (χ2v) is 11.2. The summed E-state index contributed by atoms with van der Waals surface area (Å²) in [5, 5.41) is 3.48. The first-order valence-corrected chi connectivity index (χ1v) is 14.3. The van der Waals surface area contributed by atoms with Crippen LogP contribution in [0.5, 0.6) is 0 Å². The predicted molar refractivity (Wildman–Crippen MR) is 150 cm³/mol. The van der Waals surface area contributed by atoms with Crippen LogP contribution in [0.25, 0.3) is 0 Å². The number of piperidine rings is 1. The summed E-state index contributed by atoms with van der Waals surface area (Å²) < 4.78 is 0. The lowest BCUT2D eigenvalue weighted by Crippen LogP contribution is -2.48. The fourth-order valence-corrected chi connectivity index (χ4v) is 6.27. The number of carbonyl (C=O) groups excluding carboxylic acids is 3. The van der Waals surface area contributed by atoms with Crippen molar-refractivity contribution in [3.05, 3.63) is 80.8 Å². The van der Waals surface area contributed by atoms with Gasteiger partial charge >= 0.3 is 0 Å². The number of ketones is 1. The minimum Gasteiger partial charge on any atom is -0.368 e. The van der Waals surface area contributed by atoms with E-state index in [4.69, 9.17) is 16.6 Å². The number of carbonyl (C=O) groups is 3. The number of amides is 2. The highest BCUT2D eigenvalue weighted by molar-refractivity contribution is 7.09. The van der Waals surface area contributed by atoms with E-state index in [1.165, 1.54) is 0 Å². The van der Waals surface area contributed by atoms with Gasteiger partial charge in [-0.05, 0) is 55.7 Å². The number of Topliss-reactive ketones (excluding diaryl/α,β-unsaturated/α-hetero) is 1. The second-order valence-electron chi connectivity index (χ2n) is 9.88. The van der Waals surface area contributed by atoms with Crippen LogP contribution in [0.15, 0.2) is 53.9 Å². The number of halogens is 1. The van der Waals surface area contributed by atoms with E-state index < -0.39 is 0 Å². The Hall–Kier alpha value is -3.23. The van der Waals surface area contributed by atoms with E-state index in [0.717, 1.165) is 42.2 Å². The molecule has 7 nitrogen and oxygen atoms in total. The lowest BCUT2D eigenvalue weighted by molar-refractivity contribution is -0.131. The van der Waals surface area contributed by atoms with Crippen molar-refractivity contribution in [2.45, 2.75) is 32.1 Å². The van der Waals surface area contributed by atoms with E-state index in [-0.39, 0.29) is 23.5 Å². The zero-order valence-corrected chi connectivity index (χ0v) is 23.0. The molecule has 9 heteroatoms. The number of aromatic nitrogens is 1. The van der Waals surface area contributed by atoms with Gasteiger partial charge in [-0.25, -0.2) is 4.98 Å². The molecule has 198 valence electrons. The van der Waals surface area contributed by atoms with Gasteiger partial charge in [-0.15, -0.1) is 11.3 Å². The molecule has 5 rings (SSSR count). The molecular weight excluding hydrogens is 520 g/mol. The molecule has 1 aromatic heterocycles. The number of anilines is 1. The molecule has 2 aliphatic heterocycles. The number of nitrogens with zero attached hydrogens (tertiary/aromatic N) is 4. The van der Waals surface area contributed by atoms with Crippen molar-refractivity contribution >= 4 is 46.2 Å². The van der Waals surface area contributed by atoms with Crippen molar-refractivity contribution in [2.24, 2.45) is 0 Å². The van der Waals surface area contributed by atoms with Gasteiger partial charge < -0.3 is 14.7 Å². The Morgan fingerprint density at radius 1 is 0.921 bits per heavy atom. The average molecular weight is 551 g/mol. The highest BCUT2D eigenvalue weighted by Gasteiger charge is 2.28. The molecule has 0 N–H and O–H groups in total. The van der Waals surface area contributed by atoms with Crippen molar-refractivity contribution in [2.75, 3.05) is 44.2 Å². The number of thiazole rings is 1. The van der Waals surface area contributed by atoms with E-state index in [1.807, 2.05) is 63.7 Å². The Balaban J connectivity index is 1.11. The molecule has 0 atom stereocenters. The maximum absolute atomic E-state index is 13.2. The van der Waals surface area contributed by atoms with Crippen molar-refractivity contribution < 1.29 is 14.4 Å². The SMILES string of the molecule is CC(=O)c1ccc(N2CCN(C(=O)c3csc(C4CCN(C(=O)Cc5ccccc5Cl)CC4)n3)CC2)cc1. The molecule has 38 heavy (non-hydrogen) atoms. The Morgan fingerprint density at radius 2 is 1.61 bits per heavy atom. The molecule has 3 heterocycles. The fourth-order valence-electron chi connectivity index (χ4n) is 5.10. The Kier molecular flexibility index (Phi) is 8.09. The number of rotatable bonds is 6. The van der Waals surface area contributed by atoms with Gasteiger partial charge in [-0.3, -0.25) is 14.4 Å². The van der Waals surface area contributed by atoms with Crippen LogP contribution in [-0.2, 0) is 11.2 Å². The first-order valence-electron chi connectivity index (χ1n) is 13.0. The van der Waals surface area contributed by atoms with Gasteiger partial charge in [-0.1, -0.05) is 29.8 Å². The molecule has 2 aliphatic rings. The molecule has 0 spiro atoms. The van der Waals surface area contributed by atoms with E-state index in [9.17, 15) is 14.4 Å². The number of benzene rings is 2.